The first kappa shape index (κ1) is 14.3. The predicted molar refractivity (Wildman–Crippen MR) is 58.0 cm³/mol. The van der Waals surface area contributed by atoms with Gasteiger partial charge in [-0.05, 0) is 5.92 Å². The molecular formula is C11H19F2NO3. The van der Waals surface area contributed by atoms with Crippen molar-refractivity contribution < 1.29 is 23.0 Å². The van der Waals surface area contributed by atoms with Crippen molar-refractivity contribution in [2.75, 3.05) is 26.3 Å². The molecule has 1 aliphatic rings. The van der Waals surface area contributed by atoms with Gasteiger partial charge in [-0.3, -0.25) is 0 Å². The van der Waals surface area contributed by atoms with E-state index in [1.165, 1.54) is 0 Å². The van der Waals surface area contributed by atoms with E-state index in [2.05, 4.69) is 10.1 Å². The van der Waals surface area contributed by atoms with Crippen LogP contribution in [0.4, 0.5) is 8.78 Å². The van der Waals surface area contributed by atoms with Gasteiger partial charge in [-0.1, -0.05) is 13.8 Å². The monoisotopic (exact) mass is 251 g/mol. The Kier molecular flexibility index (Phi) is 5.27. The average Bonchev–Trinajstić information content (AvgIpc) is 2.46. The molecule has 0 amide bonds. The predicted octanol–water partition coefficient (Wildman–Crippen LogP) is 1.20. The third-order valence-electron chi connectivity index (χ3n) is 2.30. The highest BCUT2D eigenvalue weighted by molar-refractivity contribution is 5.79. The topological polar surface area (TPSA) is 47.6 Å². The molecule has 1 atom stereocenters. The number of nitrogens with one attached hydrogen (secondary N) is 1. The molecule has 1 saturated heterocycles. The standard InChI is InChI=1S/C11H19F2NO3/c1-8(2)7-16-4-3-14-6-9-5-11(12,13)10(15)17-9/h8-9,14H,3-7H2,1-2H3. The molecule has 0 aromatic heterocycles. The van der Waals surface area contributed by atoms with Gasteiger partial charge in [0.15, 0.2) is 0 Å². The van der Waals surface area contributed by atoms with Crippen LogP contribution in [0.5, 0.6) is 0 Å². The van der Waals surface area contributed by atoms with E-state index in [9.17, 15) is 13.6 Å². The van der Waals surface area contributed by atoms with Gasteiger partial charge in [0.1, 0.15) is 6.10 Å². The summed E-state index contributed by atoms with van der Waals surface area (Å²) in [5.41, 5.74) is 0. The quantitative estimate of drug-likeness (QED) is 0.545. The molecule has 1 heterocycles. The Bertz CT molecular complexity index is 259. The van der Waals surface area contributed by atoms with E-state index < -0.39 is 24.4 Å². The van der Waals surface area contributed by atoms with E-state index >= 15 is 0 Å². The number of hydrogen-bond donors (Lipinski definition) is 1. The van der Waals surface area contributed by atoms with Crippen LogP contribution in [0, 0.1) is 5.92 Å². The van der Waals surface area contributed by atoms with Crippen LogP contribution in [0.1, 0.15) is 20.3 Å². The molecule has 17 heavy (non-hydrogen) atoms. The zero-order valence-electron chi connectivity index (χ0n) is 10.2. The number of carbonyl (C=O) groups is 1. The molecule has 100 valence electrons. The summed E-state index contributed by atoms with van der Waals surface area (Å²) in [6, 6.07) is 0. The average molecular weight is 251 g/mol. The van der Waals surface area contributed by atoms with Crippen LogP contribution in [0.15, 0.2) is 0 Å². The maximum atomic E-state index is 12.8. The molecule has 0 saturated carbocycles. The fraction of sp³-hybridized carbons (Fsp3) is 0.909. The van der Waals surface area contributed by atoms with Gasteiger partial charge >= 0.3 is 11.9 Å². The zero-order chi connectivity index (χ0) is 12.9. The van der Waals surface area contributed by atoms with Crippen LogP contribution in [-0.2, 0) is 14.3 Å². The molecule has 0 aromatic carbocycles. The summed E-state index contributed by atoms with van der Waals surface area (Å²) in [6.45, 7) is 6.10. The van der Waals surface area contributed by atoms with Crippen LogP contribution >= 0.6 is 0 Å². The summed E-state index contributed by atoms with van der Waals surface area (Å²) in [5.74, 6) is -4.26. The first-order valence-corrected chi connectivity index (χ1v) is 5.79. The molecule has 0 bridgehead atoms. The van der Waals surface area contributed by atoms with Gasteiger partial charge in [-0.25, -0.2) is 4.79 Å². The Balaban J connectivity index is 2.03. The second-order valence-electron chi connectivity index (χ2n) is 4.61. The van der Waals surface area contributed by atoms with Gasteiger partial charge in [0, 0.05) is 19.7 Å². The molecule has 1 N–H and O–H groups in total. The van der Waals surface area contributed by atoms with Crippen molar-refractivity contribution in [3.63, 3.8) is 0 Å². The van der Waals surface area contributed by atoms with E-state index in [1.807, 2.05) is 13.8 Å². The van der Waals surface area contributed by atoms with Crippen LogP contribution < -0.4 is 5.32 Å². The number of carbonyl (C=O) groups excluding carboxylic acids is 1. The van der Waals surface area contributed by atoms with Crippen molar-refractivity contribution in [3.8, 4) is 0 Å². The first-order valence-electron chi connectivity index (χ1n) is 5.79. The van der Waals surface area contributed by atoms with Crippen molar-refractivity contribution in [1.29, 1.82) is 0 Å². The first-order chi connectivity index (χ1) is 7.92. The molecule has 1 unspecified atom stereocenters. The zero-order valence-corrected chi connectivity index (χ0v) is 10.2. The van der Waals surface area contributed by atoms with Crippen molar-refractivity contribution in [1.82, 2.24) is 5.32 Å². The van der Waals surface area contributed by atoms with Gasteiger partial charge in [0.2, 0.25) is 0 Å². The van der Waals surface area contributed by atoms with Gasteiger partial charge in [-0.2, -0.15) is 8.78 Å². The number of esters is 1. The van der Waals surface area contributed by atoms with Gasteiger partial charge < -0.3 is 14.8 Å². The normalized spacial score (nSPS) is 23.1. The highest BCUT2D eigenvalue weighted by atomic mass is 19.3. The Morgan fingerprint density at radius 3 is 2.82 bits per heavy atom. The van der Waals surface area contributed by atoms with Crippen LogP contribution in [-0.4, -0.2) is 44.3 Å². The smallest absolute Gasteiger partial charge is 0.377 e. The third kappa shape index (κ3) is 4.95. The maximum Gasteiger partial charge on any atom is 0.377 e. The van der Waals surface area contributed by atoms with Crippen LogP contribution in [0.2, 0.25) is 0 Å². The number of ether oxygens (including phenoxy) is 2. The van der Waals surface area contributed by atoms with E-state index in [1.54, 1.807) is 0 Å². The molecule has 1 aliphatic heterocycles. The minimum Gasteiger partial charge on any atom is -0.456 e. The molecule has 0 radical (unpaired) electrons. The maximum absolute atomic E-state index is 12.8. The Morgan fingerprint density at radius 1 is 1.59 bits per heavy atom. The van der Waals surface area contributed by atoms with Crippen LogP contribution in [0.25, 0.3) is 0 Å². The number of hydrogen-bond acceptors (Lipinski definition) is 4. The second-order valence-corrected chi connectivity index (χ2v) is 4.61. The Labute approximate surface area is 99.7 Å². The lowest BCUT2D eigenvalue weighted by Crippen LogP contribution is -2.30. The molecule has 6 heteroatoms. The lowest BCUT2D eigenvalue weighted by atomic mass is 10.2. The van der Waals surface area contributed by atoms with E-state index in [-0.39, 0.29) is 6.54 Å². The largest absolute Gasteiger partial charge is 0.456 e. The van der Waals surface area contributed by atoms with Gasteiger partial charge in [-0.15, -0.1) is 0 Å². The Hall–Kier alpha value is -0.750. The molecular weight excluding hydrogens is 232 g/mol. The highest BCUT2D eigenvalue weighted by Crippen LogP contribution is 2.30. The number of rotatable bonds is 7. The van der Waals surface area contributed by atoms with E-state index in [4.69, 9.17) is 4.74 Å². The number of cyclic esters (lactones) is 1. The summed E-state index contributed by atoms with van der Waals surface area (Å²) >= 11 is 0. The van der Waals surface area contributed by atoms with E-state index in [0.717, 1.165) is 0 Å². The molecule has 1 fully saturated rings. The minimum atomic E-state index is -3.32. The highest BCUT2D eigenvalue weighted by Gasteiger charge is 2.50. The summed E-state index contributed by atoms with van der Waals surface area (Å²) in [7, 11) is 0. The van der Waals surface area contributed by atoms with E-state index in [0.29, 0.717) is 25.7 Å². The molecule has 0 spiro atoms. The molecule has 1 rings (SSSR count). The minimum absolute atomic E-state index is 0.242. The SMILES string of the molecule is CC(C)COCCNCC1CC(F)(F)C(=O)O1. The summed E-state index contributed by atoms with van der Waals surface area (Å²) in [6.07, 6.45) is -1.27. The van der Waals surface area contributed by atoms with Crippen molar-refractivity contribution in [2.45, 2.75) is 32.3 Å². The number of alkyl halides is 2. The summed E-state index contributed by atoms with van der Waals surface area (Å²) in [5, 5.41) is 2.92. The summed E-state index contributed by atoms with van der Waals surface area (Å²) < 4.78 is 35.4. The second kappa shape index (κ2) is 6.26. The van der Waals surface area contributed by atoms with Gasteiger partial charge in [0.05, 0.1) is 13.0 Å². The van der Waals surface area contributed by atoms with Gasteiger partial charge in [0.25, 0.3) is 0 Å². The lowest BCUT2D eigenvalue weighted by Gasteiger charge is -2.10. The number of halogens is 2. The molecule has 0 aromatic rings. The molecule has 4 nitrogen and oxygen atoms in total. The van der Waals surface area contributed by atoms with Crippen molar-refractivity contribution in [3.05, 3.63) is 0 Å². The van der Waals surface area contributed by atoms with Crippen molar-refractivity contribution in [2.24, 2.45) is 5.92 Å². The van der Waals surface area contributed by atoms with Crippen molar-refractivity contribution >= 4 is 5.97 Å². The van der Waals surface area contributed by atoms with Crippen LogP contribution in [0.3, 0.4) is 0 Å². The fourth-order valence-electron chi connectivity index (χ4n) is 1.49. The summed E-state index contributed by atoms with van der Waals surface area (Å²) in [4.78, 5) is 10.7. The third-order valence-corrected chi connectivity index (χ3v) is 2.30. The Morgan fingerprint density at radius 2 is 2.29 bits per heavy atom. The molecule has 0 aliphatic carbocycles. The lowest BCUT2D eigenvalue weighted by molar-refractivity contribution is -0.159. The fourth-order valence-corrected chi connectivity index (χ4v) is 1.49.